The molecule has 0 bridgehead atoms. The molecule has 0 heterocycles. The first-order valence-corrected chi connectivity index (χ1v) is 6.43. The van der Waals surface area contributed by atoms with Crippen LogP contribution in [0, 0.1) is 25.2 Å². The molecule has 0 atom stereocenters. The number of halogens is 1. The highest BCUT2D eigenvalue weighted by atomic mass is 79.9. The molecule has 2 aromatic rings. The third-order valence-corrected chi connectivity index (χ3v) is 3.26. The second-order valence-corrected chi connectivity index (χ2v) is 5.16. The normalized spacial score (nSPS) is 9.89. The maximum atomic E-state index is 9.13. The van der Waals surface area contributed by atoms with Gasteiger partial charge in [0.05, 0.1) is 11.3 Å². The van der Waals surface area contributed by atoms with Crippen molar-refractivity contribution in [2.45, 2.75) is 13.8 Å². The van der Waals surface area contributed by atoms with Crippen LogP contribution in [0.4, 0.5) is 11.4 Å². The number of benzene rings is 2. The fourth-order valence-electron chi connectivity index (χ4n) is 1.73. The summed E-state index contributed by atoms with van der Waals surface area (Å²) in [6.07, 6.45) is 0. The second-order valence-electron chi connectivity index (χ2n) is 4.25. The van der Waals surface area contributed by atoms with E-state index in [0.29, 0.717) is 5.56 Å². The summed E-state index contributed by atoms with van der Waals surface area (Å²) < 4.78 is 0.908. The predicted molar refractivity (Wildman–Crippen MR) is 78.1 cm³/mol. The van der Waals surface area contributed by atoms with Gasteiger partial charge in [0, 0.05) is 10.2 Å². The first-order valence-electron chi connectivity index (χ1n) is 5.64. The van der Waals surface area contributed by atoms with Crippen molar-refractivity contribution in [3.8, 4) is 6.07 Å². The molecule has 0 unspecified atom stereocenters. The first-order chi connectivity index (χ1) is 8.60. The van der Waals surface area contributed by atoms with E-state index in [1.165, 1.54) is 5.56 Å². The Morgan fingerprint density at radius 2 is 1.83 bits per heavy atom. The van der Waals surface area contributed by atoms with E-state index in [0.717, 1.165) is 21.4 Å². The maximum Gasteiger partial charge on any atom is 0.101 e. The summed E-state index contributed by atoms with van der Waals surface area (Å²) in [6, 6.07) is 14.1. The van der Waals surface area contributed by atoms with Crippen LogP contribution in [0.2, 0.25) is 0 Å². The van der Waals surface area contributed by atoms with Gasteiger partial charge in [0.25, 0.3) is 0 Å². The third-order valence-electron chi connectivity index (χ3n) is 2.76. The van der Waals surface area contributed by atoms with E-state index in [1.54, 1.807) is 0 Å². The minimum atomic E-state index is 0.630. The molecule has 0 saturated carbocycles. The van der Waals surface area contributed by atoms with Crippen molar-refractivity contribution in [3.63, 3.8) is 0 Å². The first kappa shape index (κ1) is 12.7. The van der Waals surface area contributed by atoms with E-state index < -0.39 is 0 Å². The Morgan fingerprint density at radius 1 is 1.06 bits per heavy atom. The van der Waals surface area contributed by atoms with Crippen LogP contribution < -0.4 is 5.32 Å². The Bertz CT molecular complexity index is 627. The maximum absolute atomic E-state index is 9.13. The zero-order valence-electron chi connectivity index (χ0n) is 10.3. The van der Waals surface area contributed by atoms with Gasteiger partial charge in [-0.05, 0) is 49.2 Å². The van der Waals surface area contributed by atoms with Crippen molar-refractivity contribution in [2.75, 3.05) is 5.32 Å². The zero-order chi connectivity index (χ0) is 13.1. The molecule has 3 heteroatoms. The van der Waals surface area contributed by atoms with E-state index in [4.69, 9.17) is 5.26 Å². The SMILES string of the molecule is Cc1ccc(C)c(Nc2ccc(Br)cc2C#N)c1. The monoisotopic (exact) mass is 300 g/mol. The van der Waals surface area contributed by atoms with Crippen molar-refractivity contribution in [1.82, 2.24) is 0 Å². The molecule has 0 aliphatic carbocycles. The molecular formula is C15H13BrN2. The molecule has 0 amide bonds. The molecule has 0 aromatic heterocycles. The Balaban J connectivity index is 2.40. The molecule has 18 heavy (non-hydrogen) atoms. The van der Waals surface area contributed by atoms with Gasteiger partial charge < -0.3 is 5.32 Å². The average molecular weight is 301 g/mol. The summed E-state index contributed by atoms with van der Waals surface area (Å²) in [5, 5.41) is 12.5. The lowest BCUT2D eigenvalue weighted by Crippen LogP contribution is -1.96. The summed E-state index contributed by atoms with van der Waals surface area (Å²) in [4.78, 5) is 0. The smallest absolute Gasteiger partial charge is 0.101 e. The van der Waals surface area contributed by atoms with Gasteiger partial charge in [-0.25, -0.2) is 0 Å². The van der Waals surface area contributed by atoms with Gasteiger partial charge in [0.15, 0.2) is 0 Å². The minimum absolute atomic E-state index is 0.630. The lowest BCUT2D eigenvalue weighted by Gasteiger charge is -2.12. The Morgan fingerprint density at radius 3 is 2.56 bits per heavy atom. The molecule has 0 spiro atoms. The molecule has 0 fully saturated rings. The van der Waals surface area contributed by atoms with Gasteiger partial charge in [-0.1, -0.05) is 28.1 Å². The van der Waals surface area contributed by atoms with E-state index in [1.807, 2.05) is 25.1 Å². The quantitative estimate of drug-likeness (QED) is 0.874. The minimum Gasteiger partial charge on any atom is -0.354 e. The van der Waals surface area contributed by atoms with Gasteiger partial charge in [-0.3, -0.25) is 0 Å². The van der Waals surface area contributed by atoms with E-state index in [-0.39, 0.29) is 0 Å². The lowest BCUT2D eigenvalue weighted by molar-refractivity contribution is 1.37. The van der Waals surface area contributed by atoms with Crippen molar-refractivity contribution in [2.24, 2.45) is 0 Å². The van der Waals surface area contributed by atoms with Gasteiger partial charge in [0.2, 0.25) is 0 Å². The highest BCUT2D eigenvalue weighted by Crippen LogP contribution is 2.26. The fraction of sp³-hybridized carbons (Fsp3) is 0.133. The second kappa shape index (κ2) is 5.24. The van der Waals surface area contributed by atoms with E-state index in [2.05, 4.69) is 52.4 Å². The topological polar surface area (TPSA) is 35.8 Å². The molecule has 0 saturated heterocycles. The average Bonchev–Trinajstić information content (AvgIpc) is 2.36. The third kappa shape index (κ3) is 2.72. The largest absolute Gasteiger partial charge is 0.354 e. The van der Waals surface area contributed by atoms with Gasteiger partial charge in [-0.2, -0.15) is 5.26 Å². The molecule has 0 aliphatic heterocycles. The van der Waals surface area contributed by atoms with Crippen LogP contribution in [0.25, 0.3) is 0 Å². The van der Waals surface area contributed by atoms with Crippen LogP contribution in [0.3, 0.4) is 0 Å². The molecule has 2 rings (SSSR count). The Hall–Kier alpha value is -1.79. The number of aryl methyl sites for hydroxylation is 2. The summed E-state index contributed by atoms with van der Waals surface area (Å²) in [6.45, 7) is 4.10. The summed E-state index contributed by atoms with van der Waals surface area (Å²) in [7, 11) is 0. The standard InChI is InChI=1S/C15H13BrN2/c1-10-3-4-11(2)15(7-10)18-14-6-5-13(16)8-12(14)9-17/h3-8,18H,1-2H3. The number of anilines is 2. The Labute approximate surface area is 115 Å². The van der Waals surface area contributed by atoms with Gasteiger partial charge in [-0.15, -0.1) is 0 Å². The molecular weight excluding hydrogens is 288 g/mol. The molecule has 0 radical (unpaired) electrons. The van der Waals surface area contributed by atoms with Gasteiger partial charge >= 0.3 is 0 Å². The van der Waals surface area contributed by atoms with Crippen molar-refractivity contribution >= 4 is 27.3 Å². The van der Waals surface area contributed by atoms with Crippen LogP contribution in [0.1, 0.15) is 16.7 Å². The number of hydrogen-bond acceptors (Lipinski definition) is 2. The molecule has 2 aromatic carbocycles. The van der Waals surface area contributed by atoms with Crippen LogP contribution in [-0.2, 0) is 0 Å². The predicted octanol–water partition coefficient (Wildman–Crippen LogP) is 4.68. The molecule has 2 nitrogen and oxygen atoms in total. The van der Waals surface area contributed by atoms with Crippen molar-refractivity contribution in [3.05, 3.63) is 57.6 Å². The highest BCUT2D eigenvalue weighted by molar-refractivity contribution is 9.10. The number of nitrogens with one attached hydrogen (secondary N) is 1. The summed E-state index contributed by atoms with van der Waals surface area (Å²) in [5.41, 5.74) is 4.85. The molecule has 0 aliphatic rings. The van der Waals surface area contributed by atoms with Crippen LogP contribution in [-0.4, -0.2) is 0 Å². The number of nitriles is 1. The fourth-order valence-corrected chi connectivity index (χ4v) is 2.09. The number of rotatable bonds is 2. The van der Waals surface area contributed by atoms with E-state index in [9.17, 15) is 0 Å². The number of hydrogen-bond donors (Lipinski definition) is 1. The van der Waals surface area contributed by atoms with Crippen LogP contribution >= 0.6 is 15.9 Å². The molecule has 1 N–H and O–H groups in total. The van der Waals surface area contributed by atoms with E-state index >= 15 is 0 Å². The highest BCUT2D eigenvalue weighted by Gasteiger charge is 2.05. The molecule has 90 valence electrons. The summed E-state index contributed by atoms with van der Waals surface area (Å²) in [5.74, 6) is 0. The summed E-state index contributed by atoms with van der Waals surface area (Å²) >= 11 is 3.37. The Kier molecular flexibility index (Phi) is 3.69. The van der Waals surface area contributed by atoms with Crippen LogP contribution in [0.15, 0.2) is 40.9 Å². The van der Waals surface area contributed by atoms with Crippen molar-refractivity contribution in [1.29, 1.82) is 5.26 Å². The zero-order valence-corrected chi connectivity index (χ0v) is 11.9. The van der Waals surface area contributed by atoms with Crippen molar-refractivity contribution < 1.29 is 0 Å². The van der Waals surface area contributed by atoms with Gasteiger partial charge in [0.1, 0.15) is 6.07 Å². The number of nitrogens with zero attached hydrogens (tertiary/aromatic N) is 1. The lowest BCUT2D eigenvalue weighted by atomic mass is 10.1. The van der Waals surface area contributed by atoms with Crippen LogP contribution in [0.5, 0.6) is 0 Å².